The lowest BCUT2D eigenvalue weighted by Gasteiger charge is -2.13. The number of aromatic nitrogens is 2. The quantitative estimate of drug-likeness (QED) is 0.620. The first-order chi connectivity index (χ1) is 10.5. The van der Waals surface area contributed by atoms with Crippen molar-refractivity contribution in [3.63, 3.8) is 0 Å². The van der Waals surface area contributed by atoms with Crippen LogP contribution in [0.3, 0.4) is 0 Å². The van der Waals surface area contributed by atoms with Crippen LogP contribution in [0.15, 0.2) is 9.95 Å². The third-order valence-electron chi connectivity index (χ3n) is 4.09. The summed E-state index contributed by atoms with van der Waals surface area (Å²) in [5.74, 6) is 0.107. The average molecular weight is 336 g/mol. The maximum absolute atomic E-state index is 12.9. The molecule has 22 heavy (non-hydrogen) atoms. The first-order valence-corrected chi connectivity index (χ1v) is 9.44. The molecule has 2 heterocycles. The number of thiophene rings is 1. The van der Waals surface area contributed by atoms with Crippen LogP contribution >= 0.6 is 23.1 Å². The molecule has 3 rings (SSSR count). The van der Waals surface area contributed by atoms with Crippen LogP contribution in [0.25, 0.3) is 10.2 Å². The smallest absolute Gasteiger partial charge is 0.263 e. The molecule has 0 aromatic carbocycles. The summed E-state index contributed by atoms with van der Waals surface area (Å²) >= 11 is 3.05. The second kappa shape index (κ2) is 6.16. The number of aryl methyl sites for hydroxylation is 2. The lowest BCUT2D eigenvalue weighted by atomic mass is 10.2. The highest BCUT2D eigenvalue weighted by Crippen LogP contribution is 2.36. The monoisotopic (exact) mass is 336 g/mol. The van der Waals surface area contributed by atoms with E-state index in [0.29, 0.717) is 11.7 Å². The Bertz CT molecular complexity index is 792. The fourth-order valence-corrected chi connectivity index (χ4v) is 5.05. The Morgan fingerprint density at radius 2 is 2.23 bits per heavy atom. The molecule has 6 heteroatoms. The van der Waals surface area contributed by atoms with E-state index >= 15 is 0 Å². The van der Waals surface area contributed by atoms with Crippen LogP contribution in [0, 0.1) is 0 Å². The van der Waals surface area contributed by atoms with Gasteiger partial charge in [0.1, 0.15) is 10.6 Å². The maximum Gasteiger partial charge on any atom is 0.263 e. The van der Waals surface area contributed by atoms with Crippen molar-refractivity contribution in [3.8, 4) is 0 Å². The summed E-state index contributed by atoms with van der Waals surface area (Å²) in [6.45, 7) is 6.16. The highest BCUT2D eigenvalue weighted by atomic mass is 32.2. The van der Waals surface area contributed by atoms with Crippen LogP contribution in [-0.4, -0.2) is 20.6 Å². The van der Waals surface area contributed by atoms with Crippen LogP contribution in [0.5, 0.6) is 0 Å². The summed E-state index contributed by atoms with van der Waals surface area (Å²) < 4.78 is 1.76. The van der Waals surface area contributed by atoms with Gasteiger partial charge in [-0.05, 0) is 45.1 Å². The van der Waals surface area contributed by atoms with Gasteiger partial charge in [0.05, 0.1) is 10.6 Å². The first-order valence-electron chi connectivity index (χ1n) is 7.75. The van der Waals surface area contributed by atoms with Gasteiger partial charge in [-0.3, -0.25) is 14.2 Å². The minimum absolute atomic E-state index is 0.0736. The molecule has 1 atom stereocenters. The van der Waals surface area contributed by atoms with Gasteiger partial charge in [-0.25, -0.2) is 4.98 Å². The third-order valence-corrected chi connectivity index (χ3v) is 6.49. The predicted molar refractivity (Wildman–Crippen MR) is 92.2 cm³/mol. The van der Waals surface area contributed by atoms with Crippen LogP contribution in [0.2, 0.25) is 0 Å². The van der Waals surface area contributed by atoms with Crippen molar-refractivity contribution < 1.29 is 4.79 Å². The fourth-order valence-electron chi connectivity index (χ4n) is 2.81. The zero-order chi connectivity index (χ0) is 15.9. The molecule has 0 spiro atoms. The lowest BCUT2D eigenvalue weighted by molar-refractivity contribution is -0.116. The van der Waals surface area contributed by atoms with E-state index in [-0.39, 0.29) is 16.6 Å². The summed E-state index contributed by atoms with van der Waals surface area (Å²) in [7, 11) is 0. The van der Waals surface area contributed by atoms with Crippen LogP contribution < -0.4 is 5.56 Å². The molecule has 0 aliphatic heterocycles. The first kappa shape index (κ1) is 15.7. The molecule has 1 aliphatic carbocycles. The minimum Gasteiger partial charge on any atom is -0.299 e. The van der Waals surface area contributed by atoms with Crippen LogP contribution in [-0.2, 0) is 24.2 Å². The Hall–Kier alpha value is -1.14. The van der Waals surface area contributed by atoms with E-state index in [4.69, 9.17) is 4.98 Å². The Kier molecular flexibility index (Phi) is 4.41. The molecule has 0 N–H and O–H groups in total. The van der Waals surface area contributed by atoms with E-state index in [0.717, 1.165) is 35.9 Å². The Morgan fingerprint density at radius 3 is 2.91 bits per heavy atom. The number of ketones is 1. The number of thioether (sulfide) groups is 1. The van der Waals surface area contributed by atoms with E-state index in [1.807, 2.05) is 6.92 Å². The number of hydrogen-bond donors (Lipinski definition) is 0. The number of carbonyl (C=O) groups is 1. The standard InChI is InChI=1S/C16H20N2O2S2/c1-4-8-18-15(20)13-11-6-5-7-12(11)22-14(13)17-16(18)21-10(3)9(2)19/h10H,4-8H2,1-3H3. The van der Waals surface area contributed by atoms with Gasteiger partial charge in [0.2, 0.25) is 0 Å². The zero-order valence-electron chi connectivity index (χ0n) is 13.1. The number of hydrogen-bond acceptors (Lipinski definition) is 5. The molecule has 1 unspecified atom stereocenters. The molecule has 1 aliphatic rings. The summed E-state index contributed by atoms with van der Waals surface area (Å²) in [5, 5.41) is 1.33. The molecule has 0 saturated carbocycles. The summed E-state index contributed by atoms with van der Waals surface area (Å²) in [5.41, 5.74) is 1.29. The van der Waals surface area contributed by atoms with Crippen LogP contribution in [0.4, 0.5) is 0 Å². The normalized spacial score (nSPS) is 15.2. The molecule has 0 radical (unpaired) electrons. The Morgan fingerprint density at radius 1 is 1.45 bits per heavy atom. The SMILES string of the molecule is CCCn1c(SC(C)C(C)=O)nc2sc3c(c2c1=O)CCC3. The molecule has 0 amide bonds. The van der Waals surface area contributed by atoms with E-state index in [1.54, 1.807) is 22.8 Å². The molecule has 0 saturated heterocycles. The largest absolute Gasteiger partial charge is 0.299 e. The highest BCUT2D eigenvalue weighted by Gasteiger charge is 2.24. The number of carbonyl (C=O) groups excluding carboxylic acids is 1. The fraction of sp³-hybridized carbons (Fsp3) is 0.562. The number of fused-ring (bicyclic) bond motifs is 3. The van der Waals surface area contributed by atoms with E-state index in [1.165, 1.54) is 22.2 Å². The molecular weight excluding hydrogens is 316 g/mol. The van der Waals surface area contributed by atoms with Gasteiger partial charge in [0, 0.05) is 11.4 Å². The second-order valence-corrected chi connectivity index (χ2v) is 8.15. The van der Waals surface area contributed by atoms with Crippen molar-refractivity contribution in [1.29, 1.82) is 0 Å². The van der Waals surface area contributed by atoms with Crippen LogP contribution in [0.1, 0.15) is 44.1 Å². The van der Waals surface area contributed by atoms with Gasteiger partial charge in [-0.15, -0.1) is 11.3 Å². The van der Waals surface area contributed by atoms with E-state index in [9.17, 15) is 9.59 Å². The molecule has 0 fully saturated rings. The molecule has 2 aromatic rings. The summed E-state index contributed by atoms with van der Waals surface area (Å²) in [4.78, 5) is 31.4. The predicted octanol–water partition coefficient (Wildman–Crippen LogP) is 3.43. The average Bonchev–Trinajstić information content (AvgIpc) is 3.02. The highest BCUT2D eigenvalue weighted by molar-refractivity contribution is 8.00. The molecule has 4 nitrogen and oxygen atoms in total. The van der Waals surface area contributed by atoms with Gasteiger partial charge < -0.3 is 0 Å². The molecule has 0 bridgehead atoms. The minimum atomic E-state index is -0.181. The molecular formula is C16H20N2O2S2. The molecule has 118 valence electrons. The van der Waals surface area contributed by atoms with Gasteiger partial charge in [0.15, 0.2) is 5.16 Å². The Balaban J connectivity index is 2.17. The summed E-state index contributed by atoms with van der Waals surface area (Å²) in [6.07, 6.45) is 4.08. The van der Waals surface area contributed by atoms with Gasteiger partial charge >= 0.3 is 0 Å². The van der Waals surface area contributed by atoms with Crippen molar-refractivity contribution in [2.24, 2.45) is 0 Å². The number of nitrogens with zero attached hydrogens (tertiary/aromatic N) is 2. The van der Waals surface area contributed by atoms with Crippen molar-refractivity contribution in [1.82, 2.24) is 9.55 Å². The lowest BCUT2D eigenvalue weighted by Crippen LogP contribution is -2.24. The zero-order valence-corrected chi connectivity index (χ0v) is 14.8. The van der Waals surface area contributed by atoms with E-state index < -0.39 is 0 Å². The number of Topliss-reactive ketones (excluding diaryl/α,β-unsaturated/α-hetero) is 1. The van der Waals surface area contributed by atoms with Crippen molar-refractivity contribution >= 4 is 39.1 Å². The van der Waals surface area contributed by atoms with Gasteiger partial charge in [-0.2, -0.15) is 0 Å². The summed E-state index contributed by atoms with van der Waals surface area (Å²) in [6, 6.07) is 0. The Labute approximate surface area is 137 Å². The van der Waals surface area contributed by atoms with Gasteiger partial charge in [-0.1, -0.05) is 18.7 Å². The molecule has 2 aromatic heterocycles. The van der Waals surface area contributed by atoms with Crippen molar-refractivity contribution in [2.45, 2.75) is 63.4 Å². The topological polar surface area (TPSA) is 52.0 Å². The van der Waals surface area contributed by atoms with E-state index in [2.05, 4.69) is 6.92 Å². The second-order valence-electron chi connectivity index (χ2n) is 5.76. The van der Waals surface area contributed by atoms with Crippen molar-refractivity contribution in [2.75, 3.05) is 0 Å². The van der Waals surface area contributed by atoms with Crippen molar-refractivity contribution in [3.05, 3.63) is 20.8 Å². The third kappa shape index (κ3) is 2.63. The number of rotatable bonds is 5. The maximum atomic E-state index is 12.9. The van der Waals surface area contributed by atoms with Gasteiger partial charge in [0.25, 0.3) is 5.56 Å².